The Morgan fingerprint density at radius 3 is 2.92 bits per heavy atom. The highest BCUT2D eigenvalue weighted by Gasteiger charge is 2.28. The molecule has 0 spiro atoms. The summed E-state index contributed by atoms with van der Waals surface area (Å²) in [5.74, 6) is 0. The van der Waals surface area contributed by atoms with Crippen molar-refractivity contribution in [2.24, 2.45) is 7.05 Å². The van der Waals surface area contributed by atoms with Crippen molar-refractivity contribution in [2.75, 3.05) is 11.4 Å². The van der Waals surface area contributed by atoms with Gasteiger partial charge in [0.15, 0.2) is 0 Å². The molecule has 1 aliphatic rings. The normalized spacial score (nSPS) is 17.8. The van der Waals surface area contributed by atoms with Crippen LogP contribution in [0.3, 0.4) is 0 Å². The van der Waals surface area contributed by atoms with Gasteiger partial charge in [0, 0.05) is 42.1 Å². The molecule has 24 heavy (non-hydrogen) atoms. The van der Waals surface area contributed by atoms with Gasteiger partial charge in [0.2, 0.25) is 0 Å². The molecule has 4 nitrogen and oxygen atoms in total. The Kier molecular flexibility index (Phi) is 3.97. The third-order valence-corrected chi connectivity index (χ3v) is 4.93. The van der Waals surface area contributed by atoms with Crippen LogP contribution in [0, 0.1) is 0 Å². The summed E-state index contributed by atoms with van der Waals surface area (Å²) < 4.78 is 1.90. The number of pyridine rings is 1. The quantitative estimate of drug-likeness (QED) is 0.720. The van der Waals surface area contributed by atoms with E-state index in [1.807, 2.05) is 17.9 Å². The highest BCUT2D eigenvalue weighted by atomic mass is 15.3. The van der Waals surface area contributed by atoms with Crippen LogP contribution in [0.15, 0.2) is 42.7 Å². The molecule has 124 valence electrons. The molecule has 0 amide bonds. The minimum atomic E-state index is 0.416. The maximum atomic E-state index is 4.86. The third kappa shape index (κ3) is 2.66. The van der Waals surface area contributed by atoms with Gasteiger partial charge in [-0.3, -0.25) is 9.67 Å². The molecule has 1 atom stereocenters. The fourth-order valence-corrected chi connectivity index (χ4v) is 3.85. The fraction of sp³-hybridized carbons (Fsp3) is 0.400. The van der Waals surface area contributed by atoms with Crippen molar-refractivity contribution in [3.05, 3.63) is 54.0 Å². The van der Waals surface area contributed by atoms with E-state index in [4.69, 9.17) is 4.98 Å². The van der Waals surface area contributed by atoms with Gasteiger partial charge in [-0.1, -0.05) is 31.5 Å². The minimum Gasteiger partial charge on any atom is -0.364 e. The lowest BCUT2D eigenvalue weighted by atomic mass is 10.1. The molecule has 0 saturated carbocycles. The zero-order chi connectivity index (χ0) is 16.5. The first-order chi connectivity index (χ1) is 11.8. The molecule has 1 aliphatic heterocycles. The van der Waals surface area contributed by atoms with E-state index in [1.54, 1.807) is 0 Å². The fourth-order valence-electron chi connectivity index (χ4n) is 3.85. The Labute approximate surface area is 143 Å². The smallest absolute Gasteiger partial charge is 0.0726 e. The number of benzene rings is 1. The molecule has 4 rings (SSSR count). The van der Waals surface area contributed by atoms with Crippen molar-refractivity contribution in [2.45, 2.75) is 38.6 Å². The number of rotatable bonds is 4. The van der Waals surface area contributed by atoms with Gasteiger partial charge < -0.3 is 4.90 Å². The van der Waals surface area contributed by atoms with Gasteiger partial charge in [0.1, 0.15) is 0 Å². The highest BCUT2D eigenvalue weighted by molar-refractivity contribution is 5.92. The number of para-hydroxylation sites is 1. The number of anilines is 1. The lowest BCUT2D eigenvalue weighted by molar-refractivity contribution is 0.715. The largest absolute Gasteiger partial charge is 0.364 e. The van der Waals surface area contributed by atoms with Gasteiger partial charge in [0.25, 0.3) is 0 Å². The molecule has 3 aromatic rings. The highest BCUT2D eigenvalue weighted by Crippen LogP contribution is 2.39. The summed E-state index contributed by atoms with van der Waals surface area (Å²) in [7, 11) is 1.99. The number of aromatic nitrogens is 3. The number of nitrogens with zero attached hydrogens (tertiary/aromatic N) is 4. The number of fused-ring (bicyclic) bond motifs is 1. The molecule has 2 aromatic heterocycles. The van der Waals surface area contributed by atoms with Crippen LogP contribution in [0.5, 0.6) is 0 Å². The van der Waals surface area contributed by atoms with Gasteiger partial charge >= 0.3 is 0 Å². The molecule has 1 saturated heterocycles. The first-order valence-corrected chi connectivity index (χ1v) is 8.90. The van der Waals surface area contributed by atoms with Crippen LogP contribution >= 0.6 is 0 Å². The standard InChI is InChI=1S/C20H24N4/c1-3-7-16-12-20(17-8-4-5-9-18(17)22-16)24-11-6-10-19(24)15-13-21-23(2)14-15/h4-5,8-9,12-14,19H,3,6-7,10-11H2,1-2H3. The number of aryl methyl sites for hydroxylation is 2. The second kappa shape index (κ2) is 6.27. The number of hydrogen-bond acceptors (Lipinski definition) is 3. The summed E-state index contributed by atoms with van der Waals surface area (Å²) >= 11 is 0. The van der Waals surface area contributed by atoms with E-state index >= 15 is 0 Å². The van der Waals surface area contributed by atoms with Gasteiger partial charge in [0.05, 0.1) is 17.8 Å². The zero-order valence-electron chi connectivity index (χ0n) is 14.4. The molecule has 0 N–H and O–H groups in total. The Bertz CT molecular complexity index is 852. The van der Waals surface area contributed by atoms with Crippen LogP contribution in [0.2, 0.25) is 0 Å². The maximum Gasteiger partial charge on any atom is 0.0726 e. The summed E-state index contributed by atoms with van der Waals surface area (Å²) in [5.41, 5.74) is 4.95. The summed E-state index contributed by atoms with van der Waals surface area (Å²) in [6.45, 7) is 3.31. The molecule has 1 fully saturated rings. The monoisotopic (exact) mass is 320 g/mol. The van der Waals surface area contributed by atoms with E-state index in [9.17, 15) is 0 Å². The SMILES string of the molecule is CCCc1cc(N2CCCC2c2cnn(C)c2)c2ccccc2n1. The average molecular weight is 320 g/mol. The molecule has 0 bridgehead atoms. The zero-order valence-corrected chi connectivity index (χ0v) is 14.4. The Morgan fingerprint density at radius 1 is 1.25 bits per heavy atom. The summed E-state index contributed by atoms with van der Waals surface area (Å²) in [6, 6.07) is 11.2. The molecule has 1 unspecified atom stereocenters. The van der Waals surface area contributed by atoms with E-state index in [0.717, 1.165) is 24.9 Å². The topological polar surface area (TPSA) is 34.0 Å². The first kappa shape index (κ1) is 15.2. The van der Waals surface area contributed by atoms with Gasteiger partial charge in [-0.2, -0.15) is 5.10 Å². The van der Waals surface area contributed by atoms with E-state index in [1.165, 1.54) is 35.2 Å². The molecule has 4 heteroatoms. The second-order valence-corrected chi connectivity index (χ2v) is 6.70. The Hall–Kier alpha value is -2.36. The lowest BCUT2D eigenvalue weighted by Gasteiger charge is -2.28. The van der Waals surface area contributed by atoms with Crippen LogP contribution in [0.25, 0.3) is 10.9 Å². The molecule has 3 heterocycles. The summed E-state index contributed by atoms with van der Waals surface area (Å²) in [4.78, 5) is 7.41. The lowest BCUT2D eigenvalue weighted by Crippen LogP contribution is -2.23. The van der Waals surface area contributed by atoms with E-state index in [-0.39, 0.29) is 0 Å². The first-order valence-electron chi connectivity index (χ1n) is 8.90. The third-order valence-electron chi connectivity index (χ3n) is 4.93. The van der Waals surface area contributed by atoms with E-state index in [0.29, 0.717) is 6.04 Å². The van der Waals surface area contributed by atoms with Gasteiger partial charge in [-0.05, 0) is 31.4 Å². The maximum absolute atomic E-state index is 4.86. The van der Waals surface area contributed by atoms with Crippen LogP contribution < -0.4 is 4.90 Å². The average Bonchev–Trinajstić information content (AvgIpc) is 3.23. The Morgan fingerprint density at radius 2 is 2.12 bits per heavy atom. The molecule has 1 aromatic carbocycles. The van der Waals surface area contributed by atoms with Crippen molar-refractivity contribution < 1.29 is 0 Å². The van der Waals surface area contributed by atoms with Crippen LogP contribution in [-0.2, 0) is 13.5 Å². The molecular formula is C20H24N4. The summed E-state index contributed by atoms with van der Waals surface area (Å²) in [6.07, 6.45) is 8.73. The van der Waals surface area contributed by atoms with E-state index < -0.39 is 0 Å². The Balaban J connectivity index is 1.82. The van der Waals surface area contributed by atoms with Crippen molar-refractivity contribution in [3.8, 4) is 0 Å². The predicted octanol–water partition coefficient (Wildman–Crippen LogP) is 4.26. The van der Waals surface area contributed by atoms with Gasteiger partial charge in [-0.15, -0.1) is 0 Å². The van der Waals surface area contributed by atoms with Gasteiger partial charge in [-0.25, -0.2) is 0 Å². The number of hydrogen-bond donors (Lipinski definition) is 0. The molecule has 0 aliphatic carbocycles. The van der Waals surface area contributed by atoms with Crippen molar-refractivity contribution in [1.82, 2.24) is 14.8 Å². The van der Waals surface area contributed by atoms with Crippen LogP contribution in [0.1, 0.15) is 43.5 Å². The van der Waals surface area contributed by atoms with Crippen molar-refractivity contribution in [1.29, 1.82) is 0 Å². The second-order valence-electron chi connectivity index (χ2n) is 6.70. The predicted molar refractivity (Wildman–Crippen MR) is 98.3 cm³/mol. The van der Waals surface area contributed by atoms with E-state index in [2.05, 4.69) is 53.5 Å². The molecular weight excluding hydrogens is 296 g/mol. The van der Waals surface area contributed by atoms with Crippen molar-refractivity contribution >= 4 is 16.6 Å². The molecule has 0 radical (unpaired) electrons. The van der Waals surface area contributed by atoms with Crippen LogP contribution in [0.4, 0.5) is 5.69 Å². The minimum absolute atomic E-state index is 0.416. The van der Waals surface area contributed by atoms with Crippen LogP contribution in [-0.4, -0.2) is 21.3 Å². The summed E-state index contributed by atoms with van der Waals surface area (Å²) in [5, 5.41) is 5.63. The van der Waals surface area contributed by atoms with Crippen molar-refractivity contribution in [3.63, 3.8) is 0 Å².